The zero-order chi connectivity index (χ0) is 17.7. The van der Waals surface area contributed by atoms with Gasteiger partial charge in [-0.1, -0.05) is 29.3 Å². The van der Waals surface area contributed by atoms with Crippen LogP contribution in [0.25, 0.3) is 0 Å². The Kier molecular flexibility index (Phi) is 6.17. The molecule has 2 aromatic rings. The number of carbonyl (C=O) groups excluding carboxylic acids is 2. The van der Waals surface area contributed by atoms with E-state index in [0.717, 1.165) is 5.56 Å². The SMILES string of the molecule is CC(=O)Nc1ccc(F)c(NC(=O)CCc2ccc(Cl)cc2Cl)c1. The van der Waals surface area contributed by atoms with Gasteiger partial charge in [-0.3, -0.25) is 9.59 Å². The maximum atomic E-state index is 13.8. The number of amides is 2. The Morgan fingerprint density at radius 3 is 2.50 bits per heavy atom. The molecule has 0 unspecified atom stereocenters. The van der Waals surface area contributed by atoms with Crippen molar-refractivity contribution >= 4 is 46.4 Å². The summed E-state index contributed by atoms with van der Waals surface area (Å²) in [5.74, 6) is -1.22. The first-order valence-corrected chi connectivity index (χ1v) is 7.91. The third kappa shape index (κ3) is 5.22. The molecule has 0 saturated heterocycles. The molecule has 2 rings (SSSR count). The smallest absolute Gasteiger partial charge is 0.224 e. The van der Waals surface area contributed by atoms with Crippen LogP contribution >= 0.6 is 23.2 Å². The largest absolute Gasteiger partial charge is 0.326 e. The van der Waals surface area contributed by atoms with Crippen molar-refractivity contribution in [2.75, 3.05) is 10.6 Å². The lowest BCUT2D eigenvalue weighted by Gasteiger charge is -2.10. The third-order valence-corrected chi connectivity index (χ3v) is 3.78. The van der Waals surface area contributed by atoms with Crippen molar-refractivity contribution in [3.05, 3.63) is 57.8 Å². The Morgan fingerprint density at radius 1 is 1.08 bits per heavy atom. The van der Waals surface area contributed by atoms with Gasteiger partial charge in [-0.05, 0) is 42.3 Å². The first kappa shape index (κ1) is 18.2. The molecular formula is C17H15Cl2FN2O2. The van der Waals surface area contributed by atoms with Crippen molar-refractivity contribution in [3.63, 3.8) is 0 Å². The van der Waals surface area contributed by atoms with E-state index in [-0.39, 0.29) is 23.9 Å². The van der Waals surface area contributed by atoms with Crippen LogP contribution in [0.4, 0.5) is 15.8 Å². The number of halogens is 3. The van der Waals surface area contributed by atoms with Gasteiger partial charge in [0.2, 0.25) is 11.8 Å². The van der Waals surface area contributed by atoms with Gasteiger partial charge in [-0.25, -0.2) is 4.39 Å². The van der Waals surface area contributed by atoms with Crippen LogP contribution in [0, 0.1) is 5.82 Å². The molecule has 0 atom stereocenters. The Labute approximate surface area is 149 Å². The molecule has 7 heteroatoms. The molecule has 4 nitrogen and oxygen atoms in total. The topological polar surface area (TPSA) is 58.2 Å². The van der Waals surface area contributed by atoms with Crippen molar-refractivity contribution in [2.45, 2.75) is 19.8 Å². The molecule has 2 N–H and O–H groups in total. The van der Waals surface area contributed by atoms with E-state index < -0.39 is 5.82 Å². The first-order valence-electron chi connectivity index (χ1n) is 7.16. The van der Waals surface area contributed by atoms with Gasteiger partial charge in [0, 0.05) is 29.1 Å². The molecule has 0 fully saturated rings. The fourth-order valence-corrected chi connectivity index (χ4v) is 2.59. The van der Waals surface area contributed by atoms with Crippen molar-refractivity contribution in [2.24, 2.45) is 0 Å². The number of benzene rings is 2. The van der Waals surface area contributed by atoms with Gasteiger partial charge in [0.1, 0.15) is 5.82 Å². The van der Waals surface area contributed by atoms with Crippen LogP contribution in [0.15, 0.2) is 36.4 Å². The minimum atomic E-state index is -0.582. The second-order valence-corrected chi connectivity index (χ2v) is 6.00. The Hall–Kier alpha value is -2.11. The van der Waals surface area contributed by atoms with E-state index in [1.54, 1.807) is 18.2 Å². The van der Waals surface area contributed by atoms with Crippen LogP contribution in [0.1, 0.15) is 18.9 Å². The number of hydrogen-bond acceptors (Lipinski definition) is 2. The molecule has 126 valence electrons. The molecule has 0 saturated carbocycles. The van der Waals surface area contributed by atoms with E-state index in [1.807, 2.05) is 0 Å². The summed E-state index contributed by atoms with van der Waals surface area (Å²) in [5, 5.41) is 6.02. The van der Waals surface area contributed by atoms with Crippen LogP contribution in [-0.4, -0.2) is 11.8 Å². The highest BCUT2D eigenvalue weighted by Gasteiger charge is 2.10. The fraction of sp³-hybridized carbons (Fsp3) is 0.176. The van der Waals surface area contributed by atoms with Crippen LogP contribution in [0.5, 0.6) is 0 Å². The summed E-state index contributed by atoms with van der Waals surface area (Å²) in [5.41, 5.74) is 1.19. The van der Waals surface area contributed by atoms with Crippen LogP contribution < -0.4 is 10.6 Å². The van der Waals surface area contributed by atoms with Crippen LogP contribution in [-0.2, 0) is 16.0 Å². The highest BCUT2D eigenvalue weighted by molar-refractivity contribution is 6.35. The summed E-state index contributed by atoms with van der Waals surface area (Å²) in [6.07, 6.45) is 0.528. The van der Waals surface area contributed by atoms with Gasteiger partial charge >= 0.3 is 0 Å². The summed E-state index contributed by atoms with van der Waals surface area (Å²) in [4.78, 5) is 23.0. The zero-order valence-corrected chi connectivity index (χ0v) is 14.3. The number of carbonyl (C=O) groups is 2. The lowest BCUT2D eigenvalue weighted by Crippen LogP contribution is -2.14. The second-order valence-electron chi connectivity index (χ2n) is 5.16. The summed E-state index contributed by atoms with van der Waals surface area (Å²) in [6.45, 7) is 1.34. The highest BCUT2D eigenvalue weighted by Crippen LogP contribution is 2.23. The van der Waals surface area contributed by atoms with Gasteiger partial charge in [-0.15, -0.1) is 0 Å². The molecule has 2 amide bonds. The van der Waals surface area contributed by atoms with E-state index in [2.05, 4.69) is 10.6 Å². The Balaban J connectivity index is 2.00. The van der Waals surface area contributed by atoms with E-state index in [9.17, 15) is 14.0 Å². The van der Waals surface area contributed by atoms with E-state index in [1.165, 1.54) is 25.1 Å². The molecule has 24 heavy (non-hydrogen) atoms. The van der Waals surface area contributed by atoms with E-state index >= 15 is 0 Å². The molecule has 0 aliphatic heterocycles. The fourth-order valence-electron chi connectivity index (χ4n) is 2.09. The maximum absolute atomic E-state index is 13.8. The molecule has 0 aliphatic rings. The van der Waals surface area contributed by atoms with Crippen molar-refractivity contribution in [3.8, 4) is 0 Å². The lowest BCUT2D eigenvalue weighted by atomic mass is 10.1. The predicted octanol–water partition coefficient (Wildman–Crippen LogP) is 4.66. The lowest BCUT2D eigenvalue weighted by molar-refractivity contribution is -0.116. The van der Waals surface area contributed by atoms with Crippen LogP contribution in [0.2, 0.25) is 10.0 Å². The number of nitrogens with one attached hydrogen (secondary N) is 2. The maximum Gasteiger partial charge on any atom is 0.224 e. The summed E-state index contributed by atoms with van der Waals surface area (Å²) in [6, 6.07) is 9.00. The van der Waals surface area contributed by atoms with Gasteiger partial charge < -0.3 is 10.6 Å². The Morgan fingerprint density at radius 2 is 1.83 bits per heavy atom. The number of anilines is 2. The number of rotatable bonds is 5. The average molecular weight is 369 g/mol. The molecule has 2 aromatic carbocycles. The van der Waals surface area contributed by atoms with Crippen LogP contribution in [0.3, 0.4) is 0 Å². The zero-order valence-electron chi connectivity index (χ0n) is 12.8. The van der Waals surface area contributed by atoms with Gasteiger partial charge in [0.25, 0.3) is 0 Å². The van der Waals surface area contributed by atoms with Crippen molar-refractivity contribution in [1.29, 1.82) is 0 Å². The molecule has 0 spiro atoms. The minimum Gasteiger partial charge on any atom is -0.326 e. The highest BCUT2D eigenvalue weighted by atomic mass is 35.5. The molecule has 0 heterocycles. The van der Waals surface area contributed by atoms with Gasteiger partial charge in [-0.2, -0.15) is 0 Å². The molecule has 0 aromatic heterocycles. The minimum absolute atomic E-state index is 0.00783. The van der Waals surface area contributed by atoms with Crippen molar-refractivity contribution < 1.29 is 14.0 Å². The van der Waals surface area contributed by atoms with E-state index in [4.69, 9.17) is 23.2 Å². The summed E-state index contributed by atoms with van der Waals surface area (Å²) >= 11 is 11.9. The van der Waals surface area contributed by atoms with E-state index in [0.29, 0.717) is 22.2 Å². The second kappa shape index (κ2) is 8.13. The quantitative estimate of drug-likeness (QED) is 0.805. The number of hydrogen-bond donors (Lipinski definition) is 2. The van der Waals surface area contributed by atoms with Gasteiger partial charge in [0.15, 0.2) is 0 Å². The predicted molar refractivity (Wildman–Crippen MR) is 94.1 cm³/mol. The monoisotopic (exact) mass is 368 g/mol. The van der Waals surface area contributed by atoms with Crippen molar-refractivity contribution in [1.82, 2.24) is 0 Å². The Bertz CT molecular complexity index is 781. The molecule has 0 aliphatic carbocycles. The third-order valence-electron chi connectivity index (χ3n) is 3.20. The first-order chi connectivity index (χ1) is 11.3. The number of aryl methyl sites for hydroxylation is 1. The summed E-state index contributed by atoms with van der Waals surface area (Å²) in [7, 11) is 0. The standard InChI is InChI=1S/C17H15Cl2FN2O2/c1-10(23)21-13-5-6-15(20)16(9-13)22-17(24)7-3-11-2-4-12(18)8-14(11)19/h2,4-6,8-9H,3,7H2,1H3,(H,21,23)(H,22,24). The normalized spacial score (nSPS) is 10.3. The molecule has 0 radical (unpaired) electrons. The summed E-state index contributed by atoms with van der Waals surface area (Å²) < 4.78 is 13.8. The molecular weight excluding hydrogens is 354 g/mol. The average Bonchev–Trinajstić information content (AvgIpc) is 2.49. The van der Waals surface area contributed by atoms with Gasteiger partial charge in [0.05, 0.1) is 5.69 Å². The molecule has 0 bridgehead atoms.